The van der Waals surface area contributed by atoms with Crippen LogP contribution in [0.5, 0.6) is 0 Å². The maximum Gasteiger partial charge on any atom is 0.169 e. The molecule has 24 heavy (non-hydrogen) atoms. The Kier molecular flexibility index (Phi) is 5.86. The first-order valence-electron chi connectivity index (χ1n) is 8.93. The highest BCUT2D eigenvalue weighted by Crippen LogP contribution is 2.30. The highest BCUT2D eigenvalue weighted by molar-refractivity contribution is 7.80. The quantitative estimate of drug-likeness (QED) is 0.732. The molecule has 0 saturated heterocycles. The van der Waals surface area contributed by atoms with Crippen LogP contribution in [0, 0.1) is 5.92 Å². The fourth-order valence-electron chi connectivity index (χ4n) is 3.02. The van der Waals surface area contributed by atoms with Crippen molar-refractivity contribution in [2.24, 2.45) is 5.92 Å². The van der Waals surface area contributed by atoms with Gasteiger partial charge in [-0.2, -0.15) is 0 Å². The molecular weight excluding hydrogens is 312 g/mol. The van der Waals surface area contributed by atoms with Crippen molar-refractivity contribution in [1.82, 2.24) is 10.2 Å². The molecule has 0 aliphatic heterocycles. The van der Waals surface area contributed by atoms with Crippen LogP contribution in [0.2, 0.25) is 0 Å². The first-order chi connectivity index (χ1) is 11.8. The van der Waals surface area contributed by atoms with Crippen LogP contribution in [0.4, 0.5) is 0 Å². The molecule has 0 atom stereocenters. The molecule has 1 aliphatic carbocycles. The molecule has 0 bridgehead atoms. The largest absolute Gasteiger partial charge is 0.352 e. The molecule has 0 spiro atoms. The molecule has 1 fully saturated rings. The fraction of sp³-hybridized carbons (Fsp3) is 0.381. The van der Waals surface area contributed by atoms with Gasteiger partial charge < -0.3 is 10.2 Å². The van der Waals surface area contributed by atoms with Gasteiger partial charge in [-0.3, -0.25) is 0 Å². The molecule has 0 unspecified atom stereocenters. The number of hydrogen-bond acceptors (Lipinski definition) is 1. The minimum atomic E-state index is 0.0958. The Morgan fingerprint density at radius 3 is 2.04 bits per heavy atom. The molecule has 3 rings (SSSR count). The molecule has 0 aromatic heterocycles. The van der Waals surface area contributed by atoms with Crippen LogP contribution in [0.1, 0.15) is 43.4 Å². The van der Waals surface area contributed by atoms with Crippen molar-refractivity contribution in [3.05, 3.63) is 71.8 Å². The molecule has 0 heterocycles. The lowest BCUT2D eigenvalue weighted by atomic mass is 9.99. The van der Waals surface area contributed by atoms with Crippen molar-refractivity contribution in [2.75, 3.05) is 13.1 Å². The van der Waals surface area contributed by atoms with Crippen molar-refractivity contribution in [2.45, 2.75) is 32.2 Å². The predicted molar refractivity (Wildman–Crippen MR) is 105 cm³/mol. The first kappa shape index (κ1) is 17.0. The summed E-state index contributed by atoms with van der Waals surface area (Å²) in [6, 6.07) is 21.2. The lowest BCUT2D eigenvalue weighted by Gasteiger charge is -2.29. The standard InChI is InChI=1S/C21H26N2S/c1-2-15-23(16-17-13-14-17)21(24)22-20(18-9-5-3-6-10-18)19-11-7-4-8-12-19/h3-12,17,20H,2,13-16H2,1H3,(H,22,24). The second-order valence-electron chi connectivity index (χ2n) is 6.59. The van der Waals surface area contributed by atoms with E-state index in [1.54, 1.807) is 0 Å². The van der Waals surface area contributed by atoms with E-state index in [0.29, 0.717) is 0 Å². The maximum absolute atomic E-state index is 5.78. The van der Waals surface area contributed by atoms with Gasteiger partial charge in [0.1, 0.15) is 0 Å². The highest BCUT2D eigenvalue weighted by atomic mass is 32.1. The Balaban J connectivity index is 1.79. The van der Waals surface area contributed by atoms with Crippen molar-refractivity contribution < 1.29 is 0 Å². The van der Waals surface area contributed by atoms with Crippen molar-refractivity contribution in [3.8, 4) is 0 Å². The molecule has 2 nitrogen and oxygen atoms in total. The van der Waals surface area contributed by atoms with Crippen LogP contribution in [0.15, 0.2) is 60.7 Å². The van der Waals surface area contributed by atoms with Crippen LogP contribution < -0.4 is 5.32 Å². The third-order valence-electron chi connectivity index (χ3n) is 4.49. The summed E-state index contributed by atoms with van der Waals surface area (Å²) in [7, 11) is 0. The summed E-state index contributed by atoms with van der Waals surface area (Å²) in [5.41, 5.74) is 2.49. The van der Waals surface area contributed by atoms with Crippen LogP contribution in [-0.2, 0) is 0 Å². The summed E-state index contributed by atoms with van der Waals surface area (Å²) in [5.74, 6) is 0.836. The molecule has 1 N–H and O–H groups in total. The van der Waals surface area contributed by atoms with Gasteiger partial charge in [-0.1, -0.05) is 67.6 Å². The van der Waals surface area contributed by atoms with E-state index in [4.69, 9.17) is 12.2 Å². The maximum atomic E-state index is 5.78. The third kappa shape index (κ3) is 4.57. The minimum absolute atomic E-state index is 0.0958. The number of benzene rings is 2. The van der Waals surface area contributed by atoms with Crippen LogP contribution in [-0.4, -0.2) is 23.1 Å². The molecule has 126 valence electrons. The second kappa shape index (κ2) is 8.29. The molecule has 2 aromatic rings. The molecular formula is C21H26N2S. The van der Waals surface area contributed by atoms with Gasteiger partial charge in [-0.05, 0) is 48.5 Å². The van der Waals surface area contributed by atoms with Crippen molar-refractivity contribution >= 4 is 17.3 Å². The van der Waals surface area contributed by atoms with Crippen molar-refractivity contribution in [1.29, 1.82) is 0 Å². The first-order valence-corrected chi connectivity index (χ1v) is 9.34. The van der Waals surface area contributed by atoms with E-state index in [-0.39, 0.29) is 6.04 Å². The molecule has 2 aromatic carbocycles. The zero-order chi connectivity index (χ0) is 16.8. The minimum Gasteiger partial charge on any atom is -0.352 e. The number of rotatable bonds is 7. The number of nitrogens with zero attached hydrogens (tertiary/aromatic N) is 1. The predicted octanol–water partition coefficient (Wildman–Crippen LogP) is 4.77. The molecule has 0 amide bonds. The van der Waals surface area contributed by atoms with Gasteiger partial charge in [0.05, 0.1) is 6.04 Å². The molecule has 1 saturated carbocycles. The lowest BCUT2D eigenvalue weighted by Crippen LogP contribution is -2.43. The SMILES string of the molecule is CCCN(CC1CC1)C(=S)NC(c1ccccc1)c1ccccc1. The smallest absolute Gasteiger partial charge is 0.169 e. The number of nitrogens with one attached hydrogen (secondary N) is 1. The summed E-state index contributed by atoms with van der Waals surface area (Å²) in [5, 5.41) is 4.50. The Bertz CT molecular complexity index is 598. The summed E-state index contributed by atoms with van der Waals surface area (Å²) in [4.78, 5) is 2.35. The molecule has 0 radical (unpaired) electrons. The van der Waals surface area contributed by atoms with E-state index < -0.39 is 0 Å². The zero-order valence-electron chi connectivity index (χ0n) is 14.3. The van der Waals surface area contributed by atoms with Crippen molar-refractivity contribution in [3.63, 3.8) is 0 Å². The van der Waals surface area contributed by atoms with Crippen LogP contribution >= 0.6 is 12.2 Å². The Morgan fingerprint density at radius 1 is 1.04 bits per heavy atom. The Morgan fingerprint density at radius 2 is 1.58 bits per heavy atom. The second-order valence-corrected chi connectivity index (χ2v) is 6.98. The van der Waals surface area contributed by atoms with E-state index in [2.05, 4.69) is 77.8 Å². The highest BCUT2D eigenvalue weighted by Gasteiger charge is 2.26. The topological polar surface area (TPSA) is 15.3 Å². The van der Waals surface area contributed by atoms with Gasteiger partial charge in [0.25, 0.3) is 0 Å². The van der Waals surface area contributed by atoms with Gasteiger partial charge >= 0.3 is 0 Å². The molecule has 3 heteroatoms. The zero-order valence-corrected chi connectivity index (χ0v) is 15.1. The summed E-state index contributed by atoms with van der Waals surface area (Å²) in [6.45, 7) is 4.34. The lowest BCUT2D eigenvalue weighted by molar-refractivity contribution is 0.389. The van der Waals surface area contributed by atoms with Crippen LogP contribution in [0.25, 0.3) is 0 Å². The average Bonchev–Trinajstić information content (AvgIpc) is 3.45. The number of hydrogen-bond donors (Lipinski definition) is 1. The Hall–Kier alpha value is -1.87. The fourth-order valence-corrected chi connectivity index (χ4v) is 3.31. The average molecular weight is 339 g/mol. The van der Waals surface area contributed by atoms with E-state index in [0.717, 1.165) is 30.5 Å². The normalized spacial score (nSPS) is 13.8. The van der Waals surface area contributed by atoms with Gasteiger partial charge in [0, 0.05) is 13.1 Å². The van der Waals surface area contributed by atoms with Gasteiger partial charge in [-0.15, -0.1) is 0 Å². The number of thiocarbonyl (C=S) groups is 1. The van der Waals surface area contributed by atoms with Gasteiger partial charge in [0.15, 0.2) is 5.11 Å². The summed E-state index contributed by atoms with van der Waals surface area (Å²) < 4.78 is 0. The van der Waals surface area contributed by atoms with E-state index in [1.807, 2.05) is 0 Å². The van der Waals surface area contributed by atoms with E-state index in [1.165, 1.54) is 24.0 Å². The van der Waals surface area contributed by atoms with Gasteiger partial charge in [-0.25, -0.2) is 0 Å². The van der Waals surface area contributed by atoms with Crippen LogP contribution in [0.3, 0.4) is 0 Å². The summed E-state index contributed by atoms with van der Waals surface area (Å²) >= 11 is 5.78. The summed E-state index contributed by atoms with van der Waals surface area (Å²) in [6.07, 6.45) is 3.82. The molecule has 1 aliphatic rings. The third-order valence-corrected chi connectivity index (χ3v) is 4.87. The van der Waals surface area contributed by atoms with Gasteiger partial charge in [0.2, 0.25) is 0 Å². The Labute approximate surface area is 150 Å². The van der Waals surface area contributed by atoms with E-state index >= 15 is 0 Å². The van der Waals surface area contributed by atoms with E-state index in [9.17, 15) is 0 Å². The monoisotopic (exact) mass is 338 g/mol.